The molecule has 318 valence electrons. The minimum Gasteiger partial charge on any atom is -0.481 e. The number of carbonyl (C=O) groups excluding carboxylic acids is 6. The first-order valence-corrected chi connectivity index (χ1v) is 20.7. The average molecular weight is 905 g/mol. The Morgan fingerprint density at radius 2 is 0.717 bits per heavy atom. The fraction of sp³-hybridized carbons (Fsp3) is 0.278. The fourth-order valence-electron chi connectivity index (χ4n) is 4.91. The van der Waals surface area contributed by atoms with Crippen LogP contribution in [0.1, 0.15) is 45.0 Å². The van der Waals surface area contributed by atoms with Crippen LogP contribution in [0.3, 0.4) is 0 Å². The Bertz CT molecular complexity index is 2120. The zero-order valence-corrected chi connectivity index (χ0v) is 34.2. The molecule has 4 rings (SSSR count). The van der Waals surface area contributed by atoms with E-state index in [9.17, 15) is 47.9 Å². The lowest BCUT2D eigenvalue weighted by atomic mass is 10.1. The number of hydrogen-bond acceptors (Lipinski definition) is 14. The third-order valence-corrected chi connectivity index (χ3v) is 12.8. The normalized spacial score (nSPS) is 11.7. The van der Waals surface area contributed by atoms with Crippen LogP contribution in [0.15, 0.2) is 48.5 Å². The number of carboxylic acids is 4. The van der Waals surface area contributed by atoms with E-state index in [0.717, 1.165) is 29.3 Å². The van der Waals surface area contributed by atoms with Gasteiger partial charge in [-0.15, -0.1) is 45.3 Å². The van der Waals surface area contributed by atoms with Gasteiger partial charge in [0.15, 0.2) is 0 Å². The van der Waals surface area contributed by atoms with E-state index in [1.54, 1.807) is 24.3 Å². The Morgan fingerprint density at radius 1 is 0.417 bits per heavy atom. The van der Waals surface area contributed by atoms with E-state index in [-0.39, 0.29) is 12.8 Å². The van der Waals surface area contributed by atoms with E-state index < -0.39 is 110 Å². The maximum Gasteiger partial charge on any atom is 0.326 e. The number of thiophene rings is 4. The van der Waals surface area contributed by atoms with Gasteiger partial charge < -0.3 is 52.3 Å². The molecule has 0 saturated carbocycles. The van der Waals surface area contributed by atoms with E-state index in [4.69, 9.17) is 20.4 Å². The number of carbonyl (C=O) groups is 10. The number of hydrogen-bond donors (Lipinski definition) is 10. The maximum atomic E-state index is 12.7. The molecule has 4 aromatic rings. The summed E-state index contributed by atoms with van der Waals surface area (Å²) in [6, 6.07) is 11.6. The van der Waals surface area contributed by atoms with Crippen molar-refractivity contribution < 1.29 is 68.4 Å². The van der Waals surface area contributed by atoms with Crippen LogP contribution in [0.2, 0.25) is 0 Å². The maximum absolute atomic E-state index is 12.7. The molecule has 60 heavy (non-hydrogen) atoms. The molecule has 0 radical (unpaired) electrons. The lowest BCUT2D eigenvalue weighted by molar-refractivity contribution is -0.144. The molecule has 0 spiro atoms. The average Bonchev–Trinajstić information content (AvgIpc) is 4.04. The first kappa shape index (κ1) is 46.2. The van der Waals surface area contributed by atoms with Crippen LogP contribution in [0, 0.1) is 0 Å². The van der Waals surface area contributed by atoms with E-state index >= 15 is 0 Å². The minimum atomic E-state index is -1.44. The molecule has 0 fully saturated rings. The van der Waals surface area contributed by atoms with E-state index in [1.807, 2.05) is 24.3 Å². The summed E-state index contributed by atoms with van der Waals surface area (Å²) in [5.41, 5.74) is 0. The van der Waals surface area contributed by atoms with Gasteiger partial charge in [-0.2, -0.15) is 0 Å². The van der Waals surface area contributed by atoms with Crippen LogP contribution in [-0.4, -0.2) is 118 Å². The molecule has 0 aliphatic heterocycles. The summed E-state index contributed by atoms with van der Waals surface area (Å²) in [6.07, 6.45) is -1.62. The Morgan fingerprint density at radius 3 is 1.03 bits per heavy atom. The molecule has 2 atom stereocenters. The van der Waals surface area contributed by atoms with Crippen LogP contribution in [0.25, 0.3) is 29.3 Å². The van der Waals surface area contributed by atoms with Gasteiger partial charge in [0.1, 0.15) is 12.1 Å². The Balaban J connectivity index is 1.22. The monoisotopic (exact) mass is 904 g/mol. The number of nitrogens with one attached hydrogen (secondary N) is 6. The SMILES string of the molecule is O=C(O)CC[C@H](NC(=O)CNC(=O)CNC(=O)c1ccc(-c2ccc(-c3ccc(-c4ccc(C(=O)NCC(=O)NCC(=O)N[C@@H](CCC(=O)O)C(=O)O)s4)s3)s2)s1)C(=O)O. The van der Waals surface area contributed by atoms with Crippen LogP contribution < -0.4 is 31.9 Å². The highest BCUT2D eigenvalue weighted by molar-refractivity contribution is 7.29. The standard InChI is InChI=1S/C36H36N6O14S4/c43-27(37-15-29(45)41-17(35(53)54)1-11-31(47)48)13-39-33(51)25-9-7-23(59-25)21-5-3-19(57-21)20-4-6-22(58-20)24-8-10-26(60-24)34(52)40-14-28(44)38-16-30(46)42-18(36(55)56)2-12-32(49)50/h3-10,17-18H,1-2,11-16H2,(H,37,43)(H,38,44)(H,39,51)(H,40,52)(H,41,45)(H,42,46)(H,47,48)(H,49,50)(H,53,54)(H,55,56)/t17-,18-/m0/s1. The van der Waals surface area contributed by atoms with Crippen LogP contribution in [0.5, 0.6) is 0 Å². The third kappa shape index (κ3) is 14.4. The topological polar surface area (TPSA) is 324 Å². The smallest absolute Gasteiger partial charge is 0.326 e. The molecule has 24 heteroatoms. The fourth-order valence-corrected chi connectivity index (χ4v) is 9.04. The molecule has 0 aliphatic carbocycles. The van der Waals surface area contributed by atoms with E-state index in [1.165, 1.54) is 45.3 Å². The van der Waals surface area contributed by atoms with Crippen molar-refractivity contribution in [2.45, 2.75) is 37.8 Å². The van der Waals surface area contributed by atoms with Crippen molar-refractivity contribution in [1.29, 1.82) is 0 Å². The summed E-state index contributed by atoms with van der Waals surface area (Å²) in [6.45, 7) is -2.08. The van der Waals surface area contributed by atoms with Crippen molar-refractivity contribution in [3.63, 3.8) is 0 Å². The Kier molecular flexibility index (Phi) is 17.0. The first-order chi connectivity index (χ1) is 28.5. The van der Waals surface area contributed by atoms with Crippen LogP contribution in [0.4, 0.5) is 0 Å². The molecular weight excluding hydrogens is 869 g/mol. The molecule has 4 heterocycles. The van der Waals surface area contributed by atoms with Crippen molar-refractivity contribution in [2.75, 3.05) is 26.2 Å². The summed E-state index contributed by atoms with van der Waals surface area (Å²) < 4.78 is 0. The molecule has 0 bridgehead atoms. The van der Waals surface area contributed by atoms with Gasteiger partial charge in [0.05, 0.1) is 35.9 Å². The van der Waals surface area contributed by atoms with Gasteiger partial charge in [-0.1, -0.05) is 0 Å². The second-order valence-corrected chi connectivity index (χ2v) is 16.7. The van der Waals surface area contributed by atoms with E-state index in [2.05, 4.69) is 31.9 Å². The van der Waals surface area contributed by atoms with Crippen molar-refractivity contribution in [3.8, 4) is 29.3 Å². The Labute approximate surface area is 355 Å². The number of carboxylic acid groups (broad SMARTS) is 4. The number of amides is 6. The lowest BCUT2D eigenvalue weighted by Gasteiger charge is -2.14. The summed E-state index contributed by atoms with van der Waals surface area (Å²) in [4.78, 5) is 124. The van der Waals surface area contributed by atoms with Crippen molar-refractivity contribution in [3.05, 3.63) is 58.3 Å². The lowest BCUT2D eigenvalue weighted by Crippen LogP contribution is -2.47. The molecule has 4 aromatic heterocycles. The van der Waals surface area contributed by atoms with Crippen molar-refractivity contribution in [1.82, 2.24) is 31.9 Å². The largest absolute Gasteiger partial charge is 0.481 e. The number of rotatable bonds is 23. The van der Waals surface area contributed by atoms with Crippen molar-refractivity contribution >= 4 is 105 Å². The zero-order chi connectivity index (χ0) is 43.9. The van der Waals surface area contributed by atoms with Crippen LogP contribution in [-0.2, 0) is 38.4 Å². The highest BCUT2D eigenvalue weighted by Crippen LogP contribution is 2.43. The molecule has 0 aromatic carbocycles. The highest BCUT2D eigenvalue weighted by Gasteiger charge is 2.23. The molecule has 20 nitrogen and oxygen atoms in total. The summed E-state index contributed by atoms with van der Waals surface area (Å²) in [7, 11) is 0. The quantitative estimate of drug-likeness (QED) is 0.0505. The van der Waals surface area contributed by atoms with Gasteiger partial charge in [0, 0.05) is 42.1 Å². The summed E-state index contributed by atoms with van der Waals surface area (Å²) in [5.74, 6) is -9.44. The predicted molar refractivity (Wildman–Crippen MR) is 218 cm³/mol. The van der Waals surface area contributed by atoms with Gasteiger partial charge in [0.25, 0.3) is 11.8 Å². The van der Waals surface area contributed by atoms with Gasteiger partial charge in [-0.05, 0) is 61.4 Å². The first-order valence-electron chi connectivity index (χ1n) is 17.5. The molecule has 6 amide bonds. The Hall–Kier alpha value is -6.50. The summed E-state index contributed by atoms with van der Waals surface area (Å²) in [5, 5.41) is 49.5. The summed E-state index contributed by atoms with van der Waals surface area (Å²) >= 11 is 5.39. The molecule has 0 saturated heterocycles. The predicted octanol–water partition coefficient (Wildman–Crippen LogP) is 1.49. The van der Waals surface area contributed by atoms with Gasteiger partial charge in [0.2, 0.25) is 23.6 Å². The van der Waals surface area contributed by atoms with Gasteiger partial charge in [-0.3, -0.25) is 38.4 Å². The highest BCUT2D eigenvalue weighted by atomic mass is 32.1. The second-order valence-electron chi connectivity index (χ2n) is 12.4. The minimum absolute atomic E-state index is 0.328. The second kappa shape index (κ2) is 22.0. The third-order valence-electron chi connectivity index (χ3n) is 7.87. The molecule has 0 unspecified atom stereocenters. The number of aliphatic carboxylic acids is 4. The van der Waals surface area contributed by atoms with Gasteiger partial charge >= 0.3 is 23.9 Å². The zero-order valence-electron chi connectivity index (χ0n) is 30.9. The van der Waals surface area contributed by atoms with Crippen LogP contribution >= 0.6 is 45.3 Å². The van der Waals surface area contributed by atoms with Crippen molar-refractivity contribution in [2.24, 2.45) is 0 Å². The van der Waals surface area contributed by atoms with E-state index in [0.29, 0.717) is 9.75 Å². The molecular formula is C36H36N6O14S4. The molecule has 10 N–H and O–H groups in total. The van der Waals surface area contributed by atoms with Gasteiger partial charge in [-0.25, -0.2) is 9.59 Å². The molecule has 0 aliphatic rings.